The van der Waals surface area contributed by atoms with Crippen LogP contribution in [-0.4, -0.2) is 28.5 Å². The highest BCUT2D eigenvalue weighted by molar-refractivity contribution is 8.18. The summed E-state index contributed by atoms with van der Waals surface area (Å²) in [6.45, 7) is 1.69. The fourth-order valence-corrected chi connectivity index (χ4v) is 4.49. The Balaban J connectivity index is 1.45. The standard InChI is InChI=1S/C26H20Cl2N2O4S/c1-16-10-11-19(13-21(16)28)29-24(31)14-30-25(32)23(35-26(30)33)12-17-6-3-5-9-22(17)34-15-18-7-2-4-8-20(18)27/h2-13H,14-15H2,1H3,(H,29,31)/b23-12+. The molecule has 0 spiro atoms. The number of carbonyl (C=O) groups excluding carboxylic acids is 3. The first kappa shape index (κ1) is 24.9. The number of aryl methyl sites for hydroxylation is 1. The lowest BCUT2D eigenvalue weighted by atomic mass is 10.1. The third-order valence-electron chi connectivity index (χ3n) is 5.18. The maximum atomic E-state index is 12.9. The fraction of sp³-hybridized carbons (Fsp3) is 0.115. The number of amides is 3. The van der Waals surface area contributed by atoms with Crippen molar-refractivity contribution < 1.29 is 19.1 Å². The van der Waals surface area contributed by atoms with Crippen LogP contribution in [0.1, 0.15) is 16.7 Å². The van der Waals surface area contributed by atoms with Gasteiger partial charge in [0.05, 0.1) is 4.91 Å². The van der Waals surface area contributed by atoms with Crippen LogP contribution in [0.15, 0.2) is 71.6 Å². The molecule has 0 aliphatic carbocycles. The molecule has 0 radical (unpaired) electrons. The summed E-state index contributed by atoms with van der Waals surface area (Å²) < 4.78 is 5.93. The largest absolute Gasteiger partial charge is 0.488 e. The molecule has 6 nitrogen and oxygen atoms in total. The van der Waals surface area contributed by atoms with Crippen molar-refractivity contribution in [2.75, 3.05) is 11.9 Å². The molecule has 0 saturated carbocycles. The number of rotatable bonds is 7. The van der Waals surface area contributed by atoms with Crippen molar-refractivity contribution in [1.82, 2.24) is 4.90 Å². The van der Waals surface area contributed by atoms with E-state index >= 15 is 0 Å². The van der Waals surface area contributed by atoms with Gasteiger partial charge in [-0.25, -0.2) is 0 Å². The number of hydrogen-bond acceptors (Lipinski definition) is 5. The summed E-state index contributed by atoms with van der Waals surface area (Å²) in [5, 5.41) is 3.24. The van der Waals surface area contributed by atoms with E-state index in [2.05, 4.69) is 5.32 Å². The van der Waals surface area contributed by atoms with Gasteiger partial charge >= 0.3 is 0 Å². The highest BCUT2D eigenvalue weighted by Gasteiger charge is 2.36. The molecule has 9 heteroatoms. The molecule has 3 aromatic rings. The van der Waals surface area contributed by atoms with E-state index in [0.717, 1.165) is 27.8 Å². The molecule has 3 amide bonds. The van der Waals surface area contributed by atoms with Crippen molar-refractivity contribution in [1.29, 1.82) is 0 Å². The van der Waals surface area contributed by atoms with Crippen LogP contribution in [0.4, 0.5) is 10.5 Å². The van der Waals surface area contributed by atoms with Crippen molar-refractivity contribution in [3.05, 3.63) is 98.4 Å². The van der Waals surface area contributed by atoms with Crippen molar-refractivity contribution in [2.24, 2.45) is 0 Å². The SMILES string of the molecule is Cc1ccc(NC(=O)CN2C(=O)S/C(=C/c3ccccc3OCc3ccccc3Cl)C2=O)cc1Cl. The van der Waals surface area contributed by atoms with E-state index in [1.165, 1.54) is 0 Å². The van der Waals surface area contributed by atoms with E-state index in [9.17, 15) is 14.4 Å². The van der Waals surface area contributed by atoms with E-state index in [1.54, 1.807) is 48.5 Å². The van der Waals surface area contributed by atoms with Gasteiger partial charge in [0.1, 0.15) is 18.9 Å². The number of imide groups is 1. The molecule has 1 heterocycles. The van der Waals surface area contributed by atoms with Crippen LogP contribution >= 0.6 is 35.0 Å². The molecule has 4 rings (SSSR count). The molecule has 0 bridgehead atoms. The van der Waals surface area contributed by atoms with Crippen LogP contribution in [0.2, 0.25) is 10.0 Å². The van der Waals surface area contributed by atoms with Crippen molar-refractivity contribution >= 4 is 63.8 Å². The maximum absolute atomic E-state index is 12.9. The van der Waals surface area contributed by atoms with Gasteiger partial charge in [0.2, 0.25) is 5.91 Å². The molecule has 1 aliphatic rings. The Morgan fingerprint density at radius 3 is 2.54 bits per heavy atom. The van der Waals surface area contributed by atoms with E-state index < -0.39 is 23.6 Å². The van der Waals surface area contributed by atoms with Crippen molar-refractivity contribution in [3.63, 3.8) is 0 Å². The molecule has 1 fully saturated rings. The molecule has 35 heavy (non-hydrogen) atoms. The molecule has 0 atom stereocenters. The quantitative estimate of drug-likeness (QED) is 0.353. The second-order valence-electron chi connectivity index (χ2n) is 7.70. The van der Waals surface area contributed by atoms with Gasteiger partial charge in [0.25, 0.3) is 11.1 Å². The molecular weight excluding hydrogens is 507 g/mol. The Labute approximate surface area is 216 Å². The van der Waals surface area contributed by atoms with Crippen LogP contribution < -0.4 is 10.1 Å². The van der Waals surface area contributed by atoms with E-state index in [4.69, 9.17) is 27.9 Å². The van der Waals surface area contributed by atoms with E-state index in [0.29, 0.717) is 27.0 Å². The number of benzene rings is 3. The second-order valence-corrected chi connectivity index (χ2v) is 9.51. The van der Waals surface area contributed by atoms with Gasteiger partial charge in [-0.15, -0.1) is 0 Å². The lowest BCUT2D eigenvalue weighted by Gasteiger charge is -2.13. The number of nitrogens with zero attached hydrogens (tertiary/aromatic N) is 1. The number of nitrogens with one attached hydrogen (secondary N) is 1. The zero-order valence-electron chi connectivity index (χ0n) is 18.6. The molecular formula is C26H20Cl2N2O4S. The smallest absolute Gasteiger partial charge is 0.294 e. The Morgan fingerprint density at radius 2 is 1.77 bits per heavy atom. The van der Waals surface area contributed by atoms with Gasteiger partial charge in [-0.3, -0.25) is 19.3 Å². The highest BCUT2D eigenvalue weighted by atomic mass is 35.5. The normalized spacial score (nSPS) is 14.5. The molecule has 0 unspecified atom stereocenters. The van der Waals surface area contributed by atoms with Crippen LogP contribution in [0, 0.1) is 6.92 Å². The first-order chi connectivity index (χ1) is 16.8. The monoisotopic (exact) mass is 526 g/mol. The summed E-state index contributed by atoms with van der Waals surface area (Å²) >= 11 is 13.1. The summed E-state index contributed by atoms with van der Waals surface area (Å²) in [5.74, 6) is -0.511. The summed E-state index contributed by atoms with van der Waals surface area (Å²) in [6, 6.07) is 19.6. The van der Waals surface area contributed by atoms with Gasteiger partial charge < -0.3 is 10.1 Å². The zero-order chi connectivity index (χ0) is 24.9. The predicted octanol–water partition coefficient (Wildman–Crippen LogP) is 6.56. The van der Waals surface area contributed by atoms with Gasteiger partial charge in [-0.1, -0.05) is 65.7 Å². The van der Waals surface area contributed by atoms with Gasteiger partial charge in [0, 0.05) is 26.9 Å². The molecule has 1 aliphatic heterocycles. The molecule has 1 saturated heterocycles. The van der Waals surface area contributed by atoms with Crippen molar-refractivity contribution in [3.8, 4) is 5.75 Å². The van der Waals surface area contributed by atoms with Crippen LogP contribution in [0.5, 0.6) is 5.75 Å². The van der Waals surface area contributed by atoms with Crippen LogP contribution in [-0.2, 0) is 16.2 Å². The first-order valence-electron chi connectivity index (χ1n) is 10.6. The Hall–Kier alpha value is -3.26. The van der Waals surface area contributed by atoms with Crippen LogP contribution in [0.3, 0.4) is 0 Å². The minimum absolute atomic E-state index is 0.204. The number of para-hydroxylation sites is 1. The summed E-state index contributed by atoms with van der Waals surface area (Å²) in [4.78, 5) is 39.0. The molecule has 1 N–H and O–H groups in total. The molecule has 178 valence electrons. The maximum Gasteiger partial charge on any atom is 0.294 e. The van der Waals surface area contributed by atoms with Gasteiger partial charge in [-0.05, 0) is 54.6 Å². The first-order valence-corrected chi connectivity index (χ1v) is 12.2. The highest BCUT2D eigenvalue weighted by Crippen LogP contribution is 2.34. The Morgan fingerprint density at radius 1 is 1.03 bits per heavy atom. The number of halogens is 2. The number of carbonyl (C=O) groups is 3. The number of ether oxygens (including phenoxy) is 1. The number of anilines is 1. The average Bonchev–Trinajstić information content (AvgIpc) is 3.09. The lowest BCUT2D eigenvalue weighted by Crippen LogP contribution is -2.36. The summed E-state index contributed by atoms with van der Waals surface area (Å²) in [7, 11) is 0. The Bertz CT molecular complexity index is 1340. The number of thioether (sulfide) groups is 1. The van der Waals surface area contributed by atoms with Crippen LogP contribution in [0.25, 0.3) is 6.08 Å². The summed E-state index contributed by atoms with van der Waals surface area (Å²) in [6.07, 6.45) is 1.59. The third-order valence-corrected chi connectivity index (χ3v) is 6.86. The Kier molecular flexibility index (Phi) is 7.80. The van der Waals surface area contributed by atoms with Gasteiger partial charge in [-0.2, -0.15) is 0 Å². The molecule has 3 aromatic carbocycles. The minimum Gasteiger partial charge on any atom is -0.488 e. The second kappa shape index (κ2) is 11.0. The lowest BCUT2D eigenvalue weighted by molar-refractivity contribution is -0.127. The average molecular weight is 527 g/mol. The third kappa shape index (κ3) is 6.06. The molecule has 0 aromatic heterocycles. The van der Waals surface area contributed by atoms with E-state index in [-0.39, 0.29) is 11.5 Å². The number of hydrogen-bond donors (Lipinski definition) is 1. The topological polar surface area (TPSA) is 75.7 Å². The minimum atomic E-state index is -0.544. The van der Waals surface area contributed by atoms with Gasteiger partial charge in [0.15, 0.2) is 0 Å². The zero-order valence-corrected chi connectivity index (χ0v) is 20.9. The van der Waals surface area contributed by atoms with E-state index in [1.807, 2.05) is 31.2 Å². The fourth-order valence-electron chi connectivity index (χ4n) is 3.29. The predicted molar refractivity (Wildman–Crippen MR) is 140 cm³/mol. The van der Waals surface area contributed by atoms with Crippen molar-refractivity contribution in [2.45, 2.75) is 13.5 Å². The summed E-state index contributed by atoms with van der Waals surface area (Å²) in [5.41, 5.74) is 2.81.